The van der Waals surface area contributed by atoms with Crippen molar-refractivity contribution in [1.82, 2.24) is 25.3 Å². The molecule has 0 spiro atoms. The van der Waals surface area contributed by atoms with E-state index in [-0.39, 0.29) is 0 Å². The van der Waals surface area contributed by atoms with E-state index in [0.29, 0.717) is 12.5 Å². The van der Waals surface area contributed by atoms with Crippen LogP contribution < -0.4 is 10.2 Å². The van der Waals surface area contributed by atoms with Crippen molar-refractivity contribution in [2.45, 2.75) is 19.4 Å². The average molecular weight is 332 g/mol. The number of aromatic nitrogens is 4. The number of fused-ring (bicyclic) bond motifs is 1. The molecule has 0 atom stereocenters. The second kappa shape index (κ2) is 7.42. The topological polar surface area (TPSA) is 88.2 Å². The second-order valence-electron chi connectivity index (χ2n) is 6.35. The van der Waals surface area contributed by atoms with Gasteiger partial charge in [0.25, 0.3) is 0 Å². The molecule has 2 N–H and O–H groups in total. The van der Waals surface area contributed by atoms with E-state index in [1.54, 1.807) is 6.33 Å². The fourth-order valence-electron chi connectivity index (χ4n) is 3.28. The fourth-order valence-corrected chi connectivity index (χ4v) is 3.28. The van der Waals surface area contributed by atoms with Crippen LogP contribution in [0.3, 0.4) is 0 Å². The number of anilines is 1. The molecule has 4 rings (SSSR count). The number of rotatable bonds is 5. The van der Waals surface area contributed by atoms with E-state index in [9.17, 15) is 0 Å². The third-order valence-corrected chi connectivity index (χ3v) is 4.68. The van der Waals surface area contributed by atoms with Gasteiger partial charge in [0, 0.05) is 26.3 Å². The smallest absolute Gasteiger partial charge is 0.183 e. The molecule has 8 nitrogen and oxygen atoms in total. The van der Waals surface area contributed by atoms with Gasteiger partial charge >= 0.3 is 0 Å². The Morgan fingerprint density at radius 3 is 2.75 bits per heavy atom. The van der Waals surface area contributed by atoms with Crippen LogP contribution in [0.25, 0.3) is 11.2 Å². The summed E-state index contributed by atoms with van der Waals surface area (Å²) in [6.07, 6.45) is 3.94. The lowest BCUT2D eigenvalue weighted by atomic mass is 10.0. The molecule has 2 saturated heterocycles. The number of nitrogens with zero attached hydrogens (tertiary/aromatic N) is 4. The average Bonchev–Trinajstić information content (AvgIpc) is 3.11. The Labute approximate surface area is 141 Å². The molecule has 0 saturated carbocycles. The number of ether oxygens (including phenoxy) is 2. The summed E-state index contributed by atoms with van der Waals surface area (Å²) in [5, 5.41) is 3.50. The van der Waals surface area contributed by atoms with Gasteiger partial charge in [-0.3, -0.25) is 0 Å². The zero-order chi connectivity index (χ0) is 16.2. The van der Waals surface area contributed by atoms with Crippen molar-refractivity contribution in [3.05, 3.63) is 12.2 Å². The molecule has 4 heterocycles. The summed E-state index contributed by atoms with van der Waals surface area (Å²) in [6.45, 7) is 6.57. The van der Waals surface area contributed by atoms with Gasteiger partial charge in [-0.25, -0.2) is 15.0 Å². The van der Waals surface area contributed by atoms with Crippen molar-refractivity contribution in [3.8, 4) is 0 Å². The van der Waals surface area contributed by atoms with E-state index < -0.39 is 0 Å². The van der Waals surface area contributed by atoms with E-state index in [1.807, 2.05) is 0 Å². The van der Waals surface area contributed by atoms with Crippen molar-refractivity contribution < 1.29 is 9.47 Å². The molecule has 0 radical (unpaired) electrons. The standard InChI is InChI=1S/C16H24N6O2/c1-5-23-6-2-12(1)9-17-10-13-20-15-14(18-11-19-15)16(21-13)22-3-7-24-8-4-22/h11-12,17H,1-10H2,(H,18,19,20,21). The number of hydrogen-bond donors (Lipinski definition) is 2. The van der Waals surface area contributed by atoms with Crippen molar-refractivity contribution in [2.75, 3.05) is 51.0 Å². The van der Waals surface area contributed by atoms with E-state index in [1.165, 1.54) is 0 Å². The highest BCUT2D eigenvalue weighted by molar-refractivity contribution is 5.83. The summed E-state index contributed by atoms with van der Waals surface area (Å²) in [5.41, 5.74) is 1.64. The van der Waals surface area contributed by atoms with Crippen LogP contribution in [0, 0.1) is 5.92 Å². The third-order valence-electron chi connectivity index (χ3n) is 4.68. The molecule has 2 aliphatic heterocycles. The van der Waals surface area contributed by atoms with Crippen LogP contribution in [0.2, 0.25) is 0 Å². The maximum Gasteiger partial charge on any atom is 0.183 e. The van der Waals surface area contributed by atoms with E-state index in [4.69, 9.17) is 14.5 Å². The molecule has 8 heteroatoms. The molecule has 2 aromatic heterocycles. The van der Waals surface area contributed by atoms with Gasteiger partial charge in [0.05, 0.1) is 26.1 Å². The van der Waals surface area contributed by atoms with Gasteiger partial charge in [0.2, 0.25) is 0 Å². The first-order chi connectivity index (χ1) is 11.9. The Morgan fingerprint density at radius 2 is 1.92 bits per heavy atom. The van der Waals surface area contributed by atoms with Gasteiger partial charge in [-0.05, 0) is 25.3 Å². The minimum Gasteiger partial charge on any atom is -0.381 e. The largest absolute Gasteiger partial charge is 0.381 e. The maximum absolute atomic E-state index is 5.44. The molecule has 0 bridgehead atoms. The maximum atomic E-state index is 5.44. The minimum atomic E-state index is 0.664. The first-order valence-corrected chi connectivity index (χ1v) is 8.71. The van der Waals surface area contributed by atoms with Crippen LogP contribution in [-0.4, -0.2) is 66.0 Å². The lowest BCUT2D eigenvalue weighted by Crippen LogP contribution is -2.37. The molecular formula is C16H24N6O2. The van der Waals surface area contributed by atoms with Crippen molar-refractivity contribution in [1.29, 1.82) is 0 Å². The van der Waals surface area contributed by atoms with Crippen LogP contribution in [0.5, 0.6) is 0 Å². The summed E-state index contributed by atoms with van der Waals surface area (Å²) >= 11 is 0. The molecule has 2 aromatic rings. The molecule has 0 unspecified atom stereocenters. The van der Waals surface area contributed by atoms with Crippen LogP contribution in [0.15, 0.2) is 6.33 Å². The predicted molar refractivity (Wildman–Crippen MR) is 90.0 cm³/mol. The molecule has 130 valence electrons. The monoisotopic (exact) mass is 332 g/mol. The number of aromatic amines is 1. The van der Waals surface area contributed by atoms with Crippen molar-refractivity contribution in [3.63, 3.8) is 0 Å². The highest BCUT2D eigenvalue weighted by Crippen LogP contribution is 2.22. The Morgan fingerprint density at radius 1 is 1.12 bits per heavy atom. The Bertz CT molecular complexity index is 664. The van der Waals surface area contributed by atoms with Gasteiger partial charge < -0.3 is 24.7 Å². The van der Waals surface area contributed by atoms with E-state index in [0.717, 1.165) is 81.7 Å². The molecule has 2 fully saturated rings. The fraction of sp³-hybridized carbons (Fsp3) is 0.688. The van der Waals surface area contributed by atoms with Gasteiger partial charge in [-0.2, -0.15) is 0 Å². The Balaban J connectivity index is 1.46. The predicted octanol–water partition coefficient (Wildman–Crippen LogP) is 0.706. The lowest BCUT2D eigenvalue weighted by molar-refractivity contribution is 0.0662. The highest BCUT2D eigenvalue weighted by Gasteiger charge is 2.19. The zero-order valence-corrected chi connectivity index (χ0v) is 13.8. The summed E-state index contributed by atoms with van der Waals surface area (Å²) in [7, 11) is 0. The minimum absolute atomic E-state index is 0.664. The molecule has 24 heavy (non-hydrogen) atoms. The summed E-state index contributed by atoms with van der Waals surface area (Å²) in [6, 6.07) is 0. The van der Waals surface area contributed by atoms with Crippen LogP contribution in [0.4, 0.5) is 5.82 Å². The van der Waals surface area contributed by atoms with Gasteiger partial charge in [0.1, 0.15) is 11.3 Å². The summed E-state index contributed by atoms with van der Waals surface area (Å²) < 4.78 is 10.9. The van der Waals surface area contributed by atoms with Gasteiger partial charge in [-0.1, -0.05) is 0 Å². The first kappa shape index (κ1) is 15.7. The molecule has 2 aliphatic rings. The quantitative estimate of drug-likeness (QED) is 0.833. The second-order valence-corrected chi connectivity index (χ2v) is 6.35. The number of H-pyrrole nitrogens is 1. The van der Waals surface area contributed by atoms with Crippen molar-refractivity contribution >= 4 is 17.0 Å². The Kier molecular flexibility index (Phi) is 4.86. The Hall–Kier alpha value is -1.77. The normalized spacial score (nSPS) is 19.9. The number of imidazole rings is 1. The molecule has 0 aliphatic carbocycles. The number of nitrogens with one attached hydrogen (secondary N) is 2. The van der Waals surface area contributed by atoms with E-state index >= 15 is 0 Å². The van der Waals surface area contributed by atoms with E-state index in [2.05, 4.69) is 25.2 Å². The van der Waals surface area contributed by atoms with Crippen LogP contribution in [0.1, 0.15) is 18.7 Å². The molecule has 0 aromatic carbocycles. The highest BCUT2D eigenvalue weighted by atomic mass is 16.5. The van der Waals surface area contributed by atoms with Gasteiger partial charge in [-0.15, -0.1) is 0 Å². The lowest BCUT2D eigenvalue weighted by Gasteiger charge is -2.28. The molecule has 0 amide bonds. The van der Waals surface area contributed by atoms with Crippen LogP contribution in [-0.2, 0) is 16.0 Å². The molecular weight excluding hydrogens is 308 g/mol. The third kappa shape index (κ3) is 3.50. The van der Waals surface area contributed by atoms with Gasteiger partial charge in [0.15, 0.2) is 11.5 Å². The van der Waals surface area contributed by atoms with Crippen molar-refractivity contribution in [2.24, 2.45) is 5.92 Å². The number of hydrogen-bond acceptors (Lipinski definition) is 7. The SMILES string of the molecule is c1nc2nc(CNCC3CCOCC3)nc(N3CCOCC3)c2[nH]1. The number of morpholine rings is 1. The van der Waals surface area contributed by atoms with Crippen LogP contribution >= 0.6 is 0 Å². The first-order valence-electron chi connectivity index (χ1n) is 8.71. The summed E-state index contributed by atoms with van der Waals surface area (Å²) in [5.74, 6) is 2.42. The summed E-state index contributed by atoms with van der Waals surface area (Å²) in [4.78, 5) is 19.1. The zero-order valence-electron chi connectivity index (χ0n) is 13.8.